The van der Waals surface area contributed by atoms with Gasteiger partial charge in [0.2, 0.25) is 6.79 Å². The van der Waals surface area contributed by atoms with Gasteiger partial charge >= 0.3 is 0 Å². The molecule has 1 atom stereocenters. The third-order valence-corrected chi connectivity index (χ3v) is 4.50. The fourth-order valence-corrected chi connectivity index (χ4v) is 3.30. The van der Waals surface area contributed by atoms with E-state index in [0.29, 0.717) is 17.1 Å². The molecule has 5 heteroatoms. The Morgan fingerprint density at radius 3 is 2.95 bits per heavy atom. The van der Waals surface area contributed by atoms with Crippen molar-refractivity contribution in [2.24, 2.45) is 0 Å². The summed E-state index contributed by atoms with van der Waals surface area (Å²) in [5.74, 6) is 1.24. The summed E-state index contributed by atoms with van der Waals surface area (Å²) in [6, 6.07) is 11.4. The maximum atomic E-state index is 10.9. The predicted molar refractivity (Wildman–Crippen MR) is 86.1 cm³/mol. The average molecular weight is 358 g/mol. The Morgan fingerprint density at radius 2 is 2.05 bits per heavy atom. The van der Waals surface area contributed by atoms with Crippen molar-refractivity contribution in [2.45, 2.75) is 6.10 Å². The molecule has 0 saturated carbocycles. The van der Waals surface area contributed by atoms with E-state index in [-0.39, 0.29) is 6.79 Å². The summed E-state index contributed by atoms with van der Waals surface area (Å²) in [7, 11) is 0. The zero-order valence-electron chi connectivity index (χ0n) is 11.5. The van der Waals surface area contributed by atoms with Gasteiger partial charge in [-0.25, -0.2) is 0 Å². The highest BCUT2D eigenvalue weighted by Gasteiger charge is 2.26. The van der Waals surface area contributed by atoms with Crippen molar-refractivity contribution in [2.75, 3.05) is 6.79 Å². The predicted octanol–water partition coefficient (Wildman–Crippen LogP) is 3.81. The summed E-state index contributed by atoms with van der Waals surface area (Å²) in [6.45, 7) is 0.172. The molecule has 0 unspecified atom stereocenters. The molecule has 0 bridgehead atoms. The fourth-order valence-electron chi connectivity index (χ4n) is 2.77. The summed E-state index contributed by atoms with van der Waals surface area (Å²) >= 11 is 3.50. The van der Waals surface area contributed by atoms with E-state index in [4.69, 9.17) is 9.47 Å². The van der Waals surface area contributed by atoms with Gasteiger partial charge in [-0.3, -0.25) is 4.98 Å². The molecule has 0 radical (unpaired) electrons. The molecule has 2 heterocycles. The Balaban J connectivity index is 1.92. The van der Waals surface area contributed by atoms with Crippen LogP contribution in [-0.4, -0.2) is 16.9 Å². The number of hydrogen-bond acceptors (Lipinski definition) is 4. The summed E-state index contributed by atoms with van der Waals surface area (Å²) in [6.07, 6.45) is 2.69. The van der Waals surface area contributed by atoms with Gasteiger partial charge < -0.3 is 14.6 Å². The van der Waals surface area contributed by atoms with Gasteiger partial charge in [-0.1, -0.05) is 34.1 Å². The van der Waals surface area contributed by atoms with Crippen LogP contribution in [0.15, 0.2) is 53.3 Å². The van der Waals surface area contributed by atoms with E-state index in [0.717, 1.165) is 20.8 Å². The zero-order chi connectivity index (χ0) is 15.1. The smallest absolute Gasteiger partial charge is 0.231 e. The number of rotatable bonds is 2. The van der Waals surface area contributed by atoms with Crippen LogP contribution in [0.5, 0.6) is 11.5 Å². The molecule has 4 nitrogen and oxygen atoms in total. The molecule has 0 spiro atoms. The molecule has 2 aromatic carbocycles. The van der Waals surface area contributed by atoms with E-state index in [2.05, 4.69) is 20.9 Å². The lowest BCUT2D eigenvalue weighted by molar-refractivity contribution is 0.167. The second kappa shape index (κ2) is 5.26. The van der Waals surface area contributed by atoms with Crippen molar-refractivity contribution >= 4 is 26.7 Å². The number of aliphatic hydroxyl groups is 1. The lowest BCUT2D eigenvalue weighted by Gasteiger charge is -2.17. The molecule has 0 aliphatic carbocycles. The first kappa shape index (κ1) is 13.5. The van der Waals surface area contributed by atoms with Crippen LogP contribution in [0.25, 0.3) is 10.8 Å². The lowest BCUT2D eigenvalue weighted by atomic mass is 9.96. The molecule has 1 N–H and O–H groups in total. The number of nitrogens with zero attached hydrogens (tertiary/aromatic N) is 1. The summed E-state index contributed by atoms with van der Waals surface area (Å²) in [5, 5.41) is 12.9. The van der Waals surface area contributed by atoms with Crippen LogP contribution in [-0.2, 0) is 0 Å². The molecular formula is C17H12BrNO3. The quantitative estimate of drug-likeness (QED) is 0.757. The van der Waals surface area contributed by atoms with Gasteiger partial charge in [-0.2, -0.15) is 0 Å². The van der Waals surface area contributed by atoms with Crippen molar-refractivity contribution in [1.29, 1.82) is 0 Å². The van der Waals surface area contributed by atoms with Crippen LogP contribution in [0.2, 0.25) is 0 Å². The molecule has 0 fully saturated rings. The standard InChI is InChI=1S/C17H12BrNO3/c18-13-4-5-14-17(22-9-21-14)15(13)16(20)12-3-1-2-10-8-19-7-6-11(10)12/h1-8,16,20H,9H2/t16-/m1/s1. The minimum atomic E-state index is -0.822. The Labute approximate surface area is 135 Å². The van der Waals surface area contributed by atoms with Crippen LogP contribution in [0, 0.1) is 0 Å². The number of halogens is 1. The first-order chi connectivity index (χ1) is 10.8. The van der Waals surface area contributed by atoms with Crippen molar-refractivity contribution in [3.8, 4) is 11.5 Å². The Kier molecular flexibility index (Phi) is 3.24. The highest BCUT2D eigenvalue weighted by Crippen LogP contribution is 2.45. The van der Waals surface area contributed by atoms with E-state index < -0.39 is 6.10 Å². The first-order valence-electron chi connectivity index (χ1n) is 6.84. The van der Waals surface area contributed by atoms with Crippen LogP contribution in [0.3, 0.4) is 0 Å². The number of pyridine rings is 1. The normalized spacial score (nSPS) is 14.3. The topological polar surface area (TPSA) is 51.6 Å². The maximum absolute atomic E-state index is 10.9. The van der Waals surface area contributed by atoms with Gasteiger partial charge in [0.05, 0.1) is 0 Å². The highest BCUT2D eigenvalue weighted by molar-refractivity contribution is 9.10. The number of ether oxygens (including phenoxy) is 2. The average Bonchev–Trinajstić information content (AvgIpc) is 3.02. The van der Waals surface area contributed by atoms with Gasteiger partial charge in [0.15, 0.2) is 11.5 Å². The van der Waals surface area contributed by atoms with Crippen LogP contribution < -0.4 is 9.47 Å². The van der Waals surface area contributed by atoms with Gasteiger partial charge in [-0.05, 0) is 29.1 Å². The van der Waals surface area contributed by atoms with Crippen LogP contribution in [0.1, 0.15) is 17.2 Å². The van der Waals surface area contributed by atoms with Gasteiger partial charge in [0, 0.05) is 27.8 Å². The van der Waals surface area contributed by atoms with Crippen molar-refractivity contribution < 1.29 is 14.6 Å². The third kappa shape index (κ3) is 2.05. The van der Waals surface area contributed by atoms with Crippen LogP contribution in [0.4, 0.5) is 0 Å². The number of fused-ring (bicyclic) bond motifs is 2. The monoisotopic (exact) mass is 357 g/mol. The fraction of sp³-hybridized carbons (Fsp3) is 0.118. The minimum absolute atomic E-state index is 0.172. The molecule has 22 heavy (non-hydrogen) atoms. The van der Waals surface area contributed by atoms with Gasteiger partial charge in [0.25, 0.3) is 0 Å². The van der Waals surface area contributed by atoms with Crippen molar-refractivity contribution in [3.05, 3.63) is 64.4 Å². The molecule has 0 amide bonds. The summed E-state index contributed by atoms with van der Waals surface area (Å²) in [4.78, 5) is 4.13. The number of benzene rings is 2. The van der Waals surface area contributed by atoms with Gasteiger partial charge in [0.1, 0.15) is 6.10 Å². The number of aromatic nitrogens is 1. The van der Waals surface area contributed by atoms with Crippen molar-refractivity contribution in [3.63, 3.8) is 0 Å². The summed E-state index contributed by atoms with van der Waals surface area (Å²) < 4.78 is 11.7. The summed E-state index contributed by atoms with van der Waals surface area (Å²) in [5.41, 5.74) is 1.49. The van der Waals surface area contributed by atoms with Gasteiger partial charge in [-0.15, -0.1) is 0 Å². The van der Waals surface area contributed by atoms with E-state index in [1.165, 1.54) is 0 Å². The Morgan fingerprint density at radius 1 is 1.14 bits per heavy atom. The highest BCUT2D eigenvalue weighted by atomic mass is 79.9. The Hall–Kier alpha value is -2.11. The number of aliphatic hydroxyl groups excluding tert-OH is 1. The molecule has 4 rings (SSSR count). The molecule has 0 saturated heterocycles. The number of hydrogen-bond donors (Lipinski definition) is 1. The molecular weight excluding hydrogens is 346 g/mol. The lowest BCUT2D eigenvalue weighted by Crippen LogP contribution is -2.04. The van der Waals surface area contributed by atoms with E-state index >= 15 is 0 Å². The van der Waals surface area contributed by atoms with E-state index in [1.54, 1.807) is 12.4 Å². The first-order valence-corrected chi connectivity index (χ1v) is 7.63. The third-order valence-electron chi connectivity index (χ3n) is 3.81. The minimum Gasteiger partial charge on any atom is -0.454 e. The zero-order valence-corrected chi connectivity index (χ0v) is 13.1. The second-order valence-corrected chi connectivity index (χ2v) is 5.90. The molecule has 1 aromatic heterocycles. The molecule has 1 aliphatic rings. The van der Waals surface area contributed by atoms with E-state index in [1.807, 2.05) is 36.4 Å². The largest absolute Gasteiger partial charge is 0.454 e. The molecule has 110 valence electrons. The van der Waals surface area contributed by atoms with Crippen molar-refractivity contribution in [1.82, 2.24) is 4.98 Å². The maximum Gasteiger partial charge on any atom is 0.231 e. The van der Waals surface area contributed by atoms with E-state index in [9.17, 15) is 5.11 Å². The Bertz CT molecular complexity index is 860. The molecule has 1 aliphatic heterocycles. The van der Waals surface area contributed by atoms with Crippen LogP contribution >= 0.6 is 15.9 Å². The SMILES string of the molecule is O[C@@H](c1c(Br)ccc2c1OCO2)c1cccc2cnccc12. The second-order valence-electron chi connectivity index (χ2n) is 5.04. The molecule has 3 aromatic rings.